The molecule has 0 aliphatic heterocycles. The standard InChI is InChI=1S/C31H40ClFN8OS/c1-18(34)5-4-6-20-13-25(28(33)26(32)14-20)27-15-22-16-41(31(42)40-29(22)39-27)24-9-7-21(8-10-24)19(2)37-12-11-23(17-43-3)38-30(35)36/h7-10,13-16,18-19,23,37H,4-6,11-12,17,34H2,1-3H3,(H4,35,36,38)(H,39,40,42)/t18-,19-,23+/m0/s1. The van der Waals surface area contributed by atoms with Gasteiger partial charge < -0.3 is 27.1 Å². The predicted molar refractivity (Wildman–Crippen MR) is 177 cm³/mol. The zero-order chi connectivity index (χ0) is 31.1. The minimum absolute atomic E-state index is 0.0176. The summed E-state index contributed by atoms with van der Waals surface area (Å²) in [6, 6.07) is 13.3. The number of guanidine groups is 1. The molecule has 0 fully saturated rings. The number of nitrogens with one attached hydrogen (secondary N) is 4. The van der Waals surface area contributed by atoms with E-state index >= 15 is 4.39 Å². The number of rotatable bonds is 14. The number of hydrogen-bond donors (Lipinski definition) is 6. The summed E-state index contributed by atoms with van der Waals surface area (Å²) in [6.07, 6.45) is 7.04. The maximum Gasteiger partial charge on any atom is 0.354 e. The van der Waals surface area contributed by atoms with Gasteiger partial charge in [0.1, 0.15) is 5.65 Å². The molecule has 3 atom stereocenters. The molecule has 12 heteroatoms. The molecule has 2 heterocycles. The molecule has 2 aromatic heterocycles. The number of thioether (sulfide) groups is 1. The Labute approximate surface area is 260 Å². The summed E-state index contributed by atoms with van der Waals surface area (Å²) in [6.45, 7) is 4.80. The third kappa shape index (κ3) is 8.60. The molecule has 0 saturated heterocycles. The van der Waals surface area contributed by atoms with Crippen LogP contribution in [0.2, 0.25) is 5.02 Å². The van der Waals surface area contributed by atoms with Crippen molar-refractivity contribution in [3.63, 3.8) is 0 Å². The predicted octanol–water partition coefficient (Wildman–Crippen LogP) is 5.10. The fraction of sp³-hybridized carbons (Fsp3) is 0.387. The average molecular weight is 627 g/mol. The summed E-state index contributed by atoms with van der Waals surface area (Å²) in [7, 11) is 0. The van der Waals surface area contributed by atoms with Gasteiger partial charge in [-0.2, -0.15) is 16.7 Å². The van der Waals surface area contributed by atoms with Crippen LogP contribution in [0, 0.1) is 11.2 Å². The van der Waals surface area contributed by atoms with Crippen LogP contribution in [-0.2, 0) is 6.42 Å². The molecule has 0 amide bonds. The van der Waals surface area contributed by atoms with Crippen molar-refractivity contribution >= 4 is 40.4 Å². The van der Waals surface area contributed by atoms with Crippen LogP contribution in [0.3, 0.4) is 0 Å². The normalized spacial score (nSPS) is 13.6. The number of H-pyrrole nitrogens is 1. The van der Waals surface area contributed by atoms with Crippen LogP contribution in [-0.4, -0.2) is 51.1 Å². The lowest BCUT2D eigenvalue weighted by Crippen LogP contribution is -2.42. The van der Waals surface area contributed by atoms with E-state index in [0.29, 0.717) is 28.0 Å². The molecule has 0 aliphatic rings. The Hall–Kier alpha value is -3.38. The molecule has 230 valence electrons. The van der Waals surface area contributed by atoms with Crippen LogP contribution in [0.4, 0.5) is 4.39 Å². The first-order chi connectivity index (χ1) is 20.5. The molecule has 8 N–H and O–H groups in total. The molecule has 0 bridgehead atoms. The van der Waals surface area contributed by atoms with Gasteiger partial charge in [-0.15, -0.1) is 0 Å². The third-order valence-corrected chi connectivity index (χ3v) is 8.36. The molecule has 0 radical (unpaired) electrons. The summed E-state index contributed by atoms with van der Waals surface area (Å²) in [5.41, 5.74) is 14.8. The second-order valence-corrected chi connectivity index (χ2v) is 12.3. The SMILES string of the molecule is CSC[C@@H](CCN[C@@H](C)c1ccc(-n2cc3cc(-c4cc(CCC[C@H](C)N)cc(Cl)c4F)[nH]c3nc2=O)cc1)NC(=N)N. The van der Waals surface area contributed by atoms with Crippen molar-refractivity contribution in [2.24, 2.45) is 11.5 Å². The summed E-state index contributed by atoms with van der Waals surface area (Å²) < 4.78 is 16.6. The van der Waals surface area contributed by atoms with Gasteiger partial charge in [-0.05, 0) is 93.8 Å². The Morgan fingerprint density at radius 3 is 2.63 bits per heavy atom. The number of aromatic nitrogens is 3. The minimum atomic E-state index is -0.521. The molecule has 9 nitrogen and oxygen atoms in total. The first kappa shape index (κ1) is 32.5. The molecule has 43 heavy (non-hydrogen) atoms. The fourth-order valence-corrected chi connectivity index (χ4v) is 5.97. The van der Waals surface area contributed by atoms with E-state index in [0.717, 1.165) is 49.1 Å². The van der Waals surface area contributed by atoms with Crippen LogP contribution in [0.15, 0.2) is 53.5 Å². The van der Waals surface area contributed by atoms with Crippen molar-refractivity contribution in [3.05, 3.63) is 81.1 Å². The smallest absolute Gasteiger partial charge is 0.354 e. The van der Waals surface area contributed by atoms with Gasteiger partial charge in [-0.25, -0.2) is 9.18 Å². The van der Waals surface area contributed by atoms with Gasteiger partial charge in [0, 0.05) is 41.0 Å². The molecular weight excluding hydrogens is 587 g/mol. The molecule has 0 aliphatic carbocycles. The Kier molecular flexibility index (Phi) is 11.3. The summed E-state index contributed by atoms with van der Waals surface area (Å²) in [4.78, 5) is 20.3. The largest absolute Gasteiger partial charge is 0.370 e. The van der Waals surface area contributed by atoms with E-state index in [1.807, 2.05) is 37.4 Å². The number of halogens is 2. The first-order valence-electron chi connectivity index (χ1n) is 14.3. The zero-order valence-electron chi connectivity index (χ0n) is 24.7. The van der Waals surface area contributed by atoms with Crippen molar-refractivity contribution in [1.82, 2.24) is 25.2 Å². The van der Waals surface area contributed by atoms with Gasteiger partial charge in [0.25, 0.3) is 0 Å². The lowest BCUT2D eigenvalue weighted by molar-refractivity contribution is 0.513. The van der Waals surface area contributed by atoms with E-state index in [1.54, 1.807) is 36.2 Å². The molecule has 4 rings (SSSR count). The van der Waals surface area contributed by atoms with Crippen molar-refractivity contribution < 1.29 is 4.39 Å². The van der Waals surface area contributed by atoms with Crippen LogP contribution < -0.4 is 27.8 Å². The Morgan fingerprint density at radius 2 is 1.95 bits per heavy atom. The number of aryl methyl sites for hydroxylation is 1. The molecule has 0 spiro atoms. The van der Waals surface area contributed by atoms with Gasteiger partial charge in [0.05, 0.1) is 16.4 Å². The van der Waals surface area contributed by atoms with E-state index in [2.05, 4.69) is 27.5 Å². The van der Waals surface area contributed by atoms with Crippen LogP contribution in [0.25, 0.3) is 28.0 Å². The zero-order valence-corrected chi connectivity index (χ0v) is 26.3. The quantitative estimate of drug-likeness (QED) is 0.0842. The van der Waals surface area contributed by atoms with Crippen LogP contribution in [0.5, 0.6) is 0 Å². The highest BCUT2D eigenvalue weighted by Gasteiger charge is 2.16. The van der Waals surface area contributed by atoms with Crippen molar-refractivity contribution in [2.45, 2.75) is 57.7 Å². The Morgan fingerprint density at radius 1 is 1.21 bits per heavy atom. The summed E-state index contributed by atoms with van der Waals surface area (Å²) >= 11 is 7.95. The lowest BCUT2D eigenvalue weighted by Gasteiger charge is -2.20. The van der Waals surface area contributed by atoms with Crippen LogP contribution >= 0.6 is 23.4 Å². The summed E-state index contributed by atoms with van der Waals surface area (Å²) in [5.74, 6) is 0.327. The van der Waals surface area contributed by atoms with E-state index in [9.17, 15) is 4.79 Å². The number of nitrogens with two attached hydrogens (primary N) is 2. The minimum Gasteiger partial charge on any atom is -0.370 e. The van der Waals surface area contributed by atoms with Crippen molar-refractivity contribution in [3.8, 4) is 16.9 Å². The molecule has 4 aromatic rings. The topological polar surface area (TPSA) is 151 Å². The maximum atomic E-state index is 15.1. The first-order valence-corrected chi connectivity index (χ1v) is 16.1. The van der Waals surface area contributed by atoms with Crippen molar-refractivity contribution in [1.29, 1.82) is 5.41 Å². The second kappa shape index (κ2) is 14.9. The van der Waals surface area contributed by atoms with Gasteiger partial charge in [-0.3, -0.25) is 9.98 Å². The van der Waals surface area contributed by atoms with E-state index < -0.39 is 11.5 Å². The Bertz CT molecular complexity index is 1600. The van der Waals surface area contributed by atoms with Crippen molar-refractivity contribution in [2.75, 3.05) is 18.6 Å². The van der Waals surface area contributed by atoms with E-state index in [1.165, 1.54) is 4.57 Å². The number of hydrogen-bond acceptors (Lipinski definition) is 6. The van der Waals surface area contributed by atoms with Gasteiger partial charge in [0.2, 0.25) is 0 Å². The second-order valence-electron chi connectivity index (χ2n) is 11.0. The van der Waals surface area contributed by atoms with Gasteiger partial charge in [-0.1, -0.05) is 23.7 Å². The van der Waals surface area contributed by atoms with Gasteiger partial charge >= 0.3 is 5.69 Å². The molecule has 2 aromatic carbocycles. The molecular formula is C31H40ClFN8OS. The highest BCUT2D eigenvalue weighted by molar-refractivity contribution is 7.98. The van der Waals surface area contributed by atoms with Gasteiger partial charge in [0.15, 0.2) is 11.8 Å². The number of aromatic amines is 1. The van der Waals surface area contributed by atoms with E-state index in [4.69, 9.17) is 28.5 Å². The lowest BCUT2D eigenvalue weighted by atomic mass is 10.0. The molecule has 0 unspecified atom stereocenters. The number of nitrogens with zero attached hydrogens (tertiary/aromatic N) is 2. The fourth-order valence-electron chi connectivity index (χ4n) is 5.07. The average Bonchev–Trinajstić information content (AvgIpc) is 3.36. The maximum absolute atomic E-state index is 15.1. The molecule has 0 saturated carbocycles. The Balaban J connectivity index is 1.50. The number of fused-ring (bicyclic) bond motifs is 1. The summed E-state index contributed by atoms with van der Waals surface area (Å²) in [5, 5.41) is 14.7. The van der Waals surface area contributed by atoms with E-state index in [-0.39, 0.29) is 29.1 Å². The number of benzene rings is 2. The monoisotopic (exact) mass is 626 g/mol. The third-order valence-electron chi connectivity index (χ3n) is 7.35. The highest BCUT2D eigenvalue weighted by Crippen LogP contribution is 2.31. The van der Waals surface area contributed by atoms with Crippen LogP contribution in [0.1, 0.15) is 50.3 Å². The highest BCUT2D eigenvalue weighted by atomic mass is 35.5.